The first-order chi connectivity index (χ1) is 11.1. The van der Waals surface area contributed by atoms with E-state index in [4.69, 9.17) is 4.74 Å². The highest BCUT2D eigenvalue weighted by molar-refractivity contribution is 5.97. The summed E-state index contributed by atoms with van der Waals surface area (Å²) in [5.41, 5.74) is 4.67. The Morgan fingerprint density at radius 3 is 2.52 bits per heavy atom. The number of Topliss-reactive ketones (excluding diaryl/α,β-unsaturated/α-hetero) is 1. The smallest absolute Gasteiger partial charge is 0.167 e. The van der Waals surface area contributed by atoms with Crippen LogP contribution >= 0.6 is 0 Å². The van der Waals surface area contributed by atoms with Crippen LogP contribution in [0.4, 0.5) is 0 Å². The standard InChI is InChI=1S/C19H22N2O2/c1-13-9-17(10-14(2)21-13)18(22)11-15-3-5-16(6-4-15)19-12-20-7-8-23-19/h3-6,9-10,19-20H,7-8,11-12H2,1-2H3/t19-/m1/s1. The second-order valence-corrected chi connectivity index (χ2v) is 6.04. The van der Waals surface area contributed by atoms with Gasteiger partial charge in [0.1, 0.15) is 0 Å². The molecule has 0 saturated carbocycles. The van der Waals surface area contributed by atoms with Gasteiger partial charge in [-0.1, -0.05) is 24.3 Å². The SMILES string of the molecule is Cc1cc(C(=O)Cc2ccc([C@H]3CNCCO3)cc2)cc(C)n1. The van der Waals surface area contributed by atoms with Crippen LogP contribution in [-0.4, -0.2) is 30.5 Å². The molecule has 4 heteroatoms. The maximum Gasteiger partial charge on any atom is 0.167 e. The molecular weight excluding hydrogens is 288 g/mol. The molecule has 23 heavy (non-hydrogen) atoms. The quantitative estimate of drug-likeness (QED) is 0.882. The Morgan fingerprint density at radius 2 is 1.91 bits per heavy atom. The third-order valence-electron chi connectivity index (χ3n) is 4.05. The van der Waals surface area contributed by atoms with Gasteiger partial charge in [0.2, 0.25) is 0 Å². The molecule has 4 nitrogen and oxygen atoms in total. The predicted molar refractivity (Wildman–Crippen MR) is 89.8 cm³/mol. The average molecular weight is 310 g/mol. The fourth-order valence-corrected chi connectivity index (χ4v) is 2.91. The van der Waals surface area contributed by atoms with Gasteiger partial charge in [-0.05, 0) is 37.1 Å². The molecule has 3 rings (SSSR count). The second-order valence-electron chi connectivity index (χ2n) is 6.04. The second kappa shape index (κ2) is 7.02. The van der Waals surface area contributed by atoms with Gasteiger partial charge in [-0.15, -0.1) is 0 Å². The number of aryl methyl sites for hydroxylation is 2. The zero-order valence-corrected chi connectivity index (χ0v) is 13.6. The van der Waals surface area contributed by atoms with Crippen molar-refractivity contribution in [3.63, 3.8) is 0 Å². The van der Waals surface area contributed by atoms with E-state index >= 15 is 0 Å². The molecule has 0 bridgehead atoms. The summed E-state index contributed by atoms with van der Waals surface area (Å²) >= 11 is 0. The summed E-state index contributed by atoms with van der Waals surface area (Å²) in [7, 11) is 0. The van der Waals surface area contributed by atoms with Crippen molar-refractivity contribution in [1.29, 1.82) is 0 Å². The lowest BCUT2D eigenvalue weighted by atomic mass is 10.00. The third kappa shape index (κ3) is 4.03. The number of ether oxygens (including phenoxy) is 1. The molecule has 2 heterocycles. The number of aromatic nitrogens is 1. The van der Waals surface area contributed by atoms with E-state index in [9.17, 15) is 4.79 Å². The van der Waals surface area contributed by atoms with Crippen molar-refractivity contribution in [2.45, 2.75) is 26.4 Å². The van der Waals surface area contributed by atoms with E-state index in [0.29, 0.717) is 6.42 Å². The van der Waals surface area contributed by atoms with Crippen LogP contribution in [0.5, 0.6) is 0 Å². The first kappa shape index (κ1) is 15.8. The summed E-state index contributed by atoms with van der Waals surface area (Å²) in [5, 5.41) is 3.33. The maximum absolute atomic E-state index is 12.4. The van der Waals surface area contributed by atoms with Gasteiger partial charge in [0, 0.05) is 36.5 Å². The Morgan fingerprint density at radius 1 is 1.22 bits per heavy atom. The number of hydrogen-bond acceptors (Lipinski definition) is 4. The molecule has 1 aromatic carbocycles. The molecule has 1 fully saturated rings. The van der Waals surface area contributed by atoms with Crippen LogP contribution in [-0.2, 0) is 11.2 Å². The summed E-state index contributed by atoms with van der Waals surface area (Å²) in [6, 6.07) is 11.9. The lowest BCUT2D eigenvalue weighted by molar-refractivity contribution is 0.0277. The van der Waals surface area contributed by atoms with Crippen LogP contribution in [0.15, 0.2) is 36.4 Å². The zero-order chi connectivity index (χ0) is 16.2. The molecule has 1 atom stereocenters. The minimum atomic E-state index is 0.110. The summed E-state index contributed by atoms with van der Waals surface area (Å²) in [5.74, 6) is 0.127. The number of pyridine rings is 1. The van der Waals surface area contributed by atoms with Crippen LogP contribution in [0.2, 0.25) is 0 Å². The average Bonchev–Trinajstić information content (AvgIpc) is 2.55. The van der Waals surface area contributed by atoms with Crippen molar-refractivity contribution in [2.75, 3.05) is 19.7 Å². The zero-order valence-electron chi connectivity index (χ0n) is 13.6. The van der Waals surface area contributed by atoms with E-state index in [1.54, 1.807) is 0 Å². The van der Waals surface area contributed by atoms with Crippen molar-refractivity contribution in [3.8, 4) is 0 Å². The number of carbonyl (C=O) groups excluding carboxylic acids is 1. The van der Waals surface area contributed by atoms with Gasteiger partial charge in [-0.3, -0.25) is 9.78 Å². The third-order valence-corrected chi connectivity index (χ3v) is 4.05. The Bertz CT molecular complexity index is 669. The largest absolute Gasteiger partial charge is 0.371 e. The van der Waals surface area contributed by atoms with E-state index in [1.807, 2.05) is 38.1 Å². The minimum Gasteiger partial charge on any atom is -0.371 e. The number of nitrogens with one attached hydrogen (secondary N) is 1. The number of hydrogen-bond donors (Lipinski definition) is 1. The molecule has 0 radical (unpaired) electrons. The molecule has 1 aliphatic rings. The predicted octanol–water partition coefficient (Wildman–Crippen LogP) is 2.78. The normalized spacial score (nSPS) is 17.9. The molecule has 0 aliphatic carbocycles. The molecule has 0 unspecified atom stereocenters. The first-order valence-corrected chi connectivity index (χ1v) is 8.01. The highest BCUT2D eigenvalue weighted by atomic mass is 16.5. The van der Waals surface area contributed by atoms with Crippen molar-refractivity contribution in [1.82, 2.24) is 10.3 Å². The Kier molecular flexibility index (Phi) is 4.84. The van der Waals surface area contributed by atoms with E-state index in [1.165, 1.54) is 0 Å². The number of carbonyl (C=O) groups is 1. The van der Waals surface area contributed by atoms with Gasteiger partial charge in [0.05, 0.1) is 12.7 Å². The fraction of sp³-hybridized carbons (Fsp3) is 0.368. The maximum atomic E-state index is 12.4. The highest BCUT2D eigenvalue weighted by Gasteiger charge is 2.15. The molecule has 1 aliphatic heterocycles. The van der Waals surface area contributed by atoms with Crippen molar-refractivity contribution in [3.05, 3.63) is 64.5 Å². The minimum absolute atomic E-state index is 0.110. The summed E-state index contributed by atoms with van der Waals surface area (Å²) < 4.78 is 5.74. The van der Waals surface area contributed by atoms with Gasteiger partial charge < -0.3 is 10.1 Å². The fourth-order valence-electron chi connectivity index (χ4n) is 2.91. The lowest BCUT2D eigenvalue weighted by Gasteiger charge is -2.24. The summed E-state index contributed by atoms with van der Waals surface area (Å²) in [4.78, 5) is 16.8. The van der Waals surface area contributed by atoms with E-state index < -0.39 is 0 Å². The number of benzene rings is 1. The molecule has 0 amide bonds. The number of nitrogens with zero attached hydrogens (tertiary/aromatic N) is 1. The molecule has 1 aromatic heterocycles. The van der Waals surface area contributed by atoms with Crippen LogP contribution in [0, 0.1) is 13.8 Å². The Labute approximate surface area is 136 Å². The van der Waals surface area contributed by atoms with E-state index in [2.05, 4.69) is 22.4 Å². The van der Waals surface area contributed by atoms with Crippen LogP contribution in [0.3, 0.4) is 0 Å². The molecule has 0 spiro atoms. The molecule has 1 N–H and O–H groups in total. The van der Waals surface area contributed by atoms with Gasteiger partial charge in [-0.25, -0.2) is 0 Å². The van der Waals surface area contributed by atoms with Gasteiger partial charge in [-0.2, -0.15) is 0 Å². The van der Waals surface area contributed by atoms with Gasteiger partial charge in [0.25, 0.3) is 0 Å². The number of morpholine rings is 1. The van der Waals surface area contributed by atoms with Crippen molar-refractivity contribution in [2.24, 2.45) is 0 Å². The molecule has 120 valence electrons. The summed E-state index contributed by atoms with van der Waals surface area (Å²) in [6.07, 6.45) is 0.520. The Hall–Kier alpha value is -2.04. The Balaban J connectivity index is 1.68. The van der Waals surface area contributed by atoms with Crippen molar-refractivity contribution >= 4 is 5.78 Å². The van der Waals surface area contributed by atoms with Crippen LogP contribution in [0.1, 0.15) is 39.0 Å². The lowest BCUT2D eigenvalue weighted by Crippen LogP contribution is -2.33. The molecular formula is C19H22N2O2. The first-order valence-electron chi connectivity index (χ1n) is 8.01. The van der Waals surface area contributed by atoms with E-state index in [-0.39, 0.29) is 11.9 Å². The topological polar surface area (TPSA) is 51.2 Å². The van der Waals surface area contributed by atoms with Gasteiger partial charge >= 0.3 is 0 Å². The highest BCUT2D eigenvalue weighted by Crippen LogP contribution is 2.20. The number of rotatable bonds is 4. The molecule has 2 aromatic rings. The van der Waals surface area contributed by atoms with E-state index in [0.717, 1.165) is 47.8 Å². The van der Waals surface area contributed by atoms with Crippen LogP contribution in [0.25, 0.3) is 0 Å². The van der Waals surface area contributed by atoms with Gasteiger partial charge in [0.15, 0.2) is 5.78 Å². The monoisotopic (exact) mass is 310 g/mol. The number of ketones is 1. The summed E-state index contributed by atoms with van der Waals surface area (Å²) in [6.45, 7) is 6.32. The molecule has 1 saturated heterocycles. The van der Waals surface area contributed by atoms with Crippen LogP contribution < -0.4 is 5.32 Å². The van der Waals surface area contributed by atoms with Crippen molar-refractivity contribution < 1.29 is 9.53 Å².